The first-order valence-corrected chi connectivity index (χ1v) is 13.6. The summed E-state index contributed by atoms with van der Waals surface area (Å²) in [5.74, 6) is 0.857. The molecule has 0 radical (unpaired) electrons. The summed E-state index contributed by atoms with van der Waals surface area (Å²) < 4.78 is 12.2. The molecular formula is C30H45NO2. The Morgan fingerprint density at radius 2 is 1.45 bits per heavy atom. The average molecular weight is 452 g/mol. The second-order valence-corrected chi connectivity index (χ2v) is 10.7. The molecule has 2 saturated heterocycles. The maximum atomic E-state index is 6.37. The van der Waals surface area contributed by atoms with Gasteiger partial charge in [-0.3, -0.25) is 0 Å². The van der Waals surface area contributed by atoms with Gasteiger partial charge in [-0.05, 0) is 56.7 Å². The lowest BCUT2D eigenvalue weighted by molar-refractivity contribution is -0.108. The van der Waals surface area contributed by atoms with Gasteiger partial charge in [0.15, 0.2) is 0 Å². The van der Waals surface area contributed by atoms with Crippen LogP contribution in [-0.4, -0.2) is 38.5 Å². The Labute approximate surface area is 202 Å². The van der Waals surface area contributed by atoms with E-state index >= 15 is 0 Å². The molecule has 0 amide bonds. The Hall–Kier alpha value is -1.42. The summed E-state index contributed by atoms with van der Waals surface area (Å²) >= 11 is 0. The van der Waals surface area contributed by atoms with Gasteiger partial charge >= 0.3 is 0 Å². The second-order valence-electron chi connectivity index (χ2n) is 10.7. The summed E-state index contributed by atoms with van der Waals surface area (Å²) in [4.78, 5) is 0. The lowest BCUT2D eigenvalue weighted by Crippen LogP contribution is -2.49. The Balaban J connectivity index is 1.46. The van der Waals surface area contributed by atoms with Crippen molar-refractivity contribution in [3.63, 3.8) is 0 Å². The van der Waals surface area contributed by atoms with Crippen LogP contribution in [-0.2, 0) is 14.9 Å². The third kappa shape index (κ3) is 7.28. The van der Waals surface area contributed by atoms with Crippen LogP contribution in [0.3, 0.4) is 0 Å². The van der Waals surface area contributed by atoms with Crippen LogP contribution in [0, 0.1) is 5.92 Å². The van der Waals surface area contributed by atoms with E-state index < -0.39 is 0 Å². The monoisotopic (exact) mass is 451 g/mol. The van der Waals surface area contributed by atoms with Crippen LogP contribution >= 0.6 is 0 Å². The lowest BCUT2D eigenvalue weighted by atomic mass is 9.66. The van der Waals surface area contributed by atoms with Gasteiger partial charge < -0.3 is 14.8 Å². The molecule has 4 rings (SSSR count). The van der Waals surface area contributed by atoms with Crippen molar-refractivity contribution in [3.05, 3.63) is 60.2 Å². The topological polar surface area (TPSA) is 30.5 Å². The number of hydrogen-bond donors (Lipinski definition) is 1. The Kier molecular flexibility index (Phi) is 9.64. The first-order chi connectivity index (χ1) is 16.3. The summed E-state index contributed by atoms with van der Waals surface area (Å²) in [6.45, 7) is 4.68. The maximum Gasteiger partial charge on any atom is 0.0945 e. The molecule has 1 saturated carbocycles. The van der Waals surface area contributed by atoms with Gasteiger partial charge in [0, 0.05) is 25.0 Å². The van der Waals surface area contributed by atoms with E-state index in [2.05, 4.69) is 59.9 Å². The minimum Gasteiger partial charge on any atom is -0.378 e. The predicted octanol–water partition coefficient (Wildman–Crippen LogP) is 6.75. The van der Waals surface area contributed by atoms with Gasteiger partial charge in [-0.1, -0.05) is 93.1 Å². The van der Waals surface area contributed by atoms with Gasteiger partial charge in [0.2, 0.25) is 0 Å². The zero-order chi connectivity index (χ0) is 22.7. The van der Waals surface area contributed by atoms with E-state index in [1.807, 2.05) is 0 Å². The van der Waals surface area contributed by atoms with Crippen molar-refractivity contribution in [3.8, 4) is 0 Å². The van der Waals surface area contributed by atoms with E-state index in [1.54, 1.807) is 0 Å². The molecule has 2 heterocycles. The molecule has 182 valence electrons. The molecule has 1 aromatic rings. The summed E-state index contributed by atoms with van der Waals surface area (Å²) in [5, 5.41) is 3.90. The third-order valence-corrected chi connectivity index (χ3v) is 8.24. The van der Waals surface area contributed by atoms with Crippen LogP contribution in [0.1, 0.15) is 82.6 Å². The number of hydrogen-bond acceptors (Lipinski definition) is 3. The molecule has 0 bridgehead atoms. The molecule has 1 aromatic carbocycles. The van der Waals surface area contributed by atoms with Crippen molar-refractivity contribution in [2.75, 3.05) is 32.9 Å². The van der Waals surface area contributed by atoms with E-state index in [1.165, 1.54) is 63.5 Å². The highest BCUT2D eigenvalue weighted by atomic mass is 16.6. The molecule has 3 heteroatoms. The first kappa shape index (κ1) is 24.7. The Morgan fingerprint density at radius 1 is 0.788 bits per heavy atom. The second kappa shape index (κ2) is 12.9. The normalized spacial score (nSPS) is 29.1. The van der Waals surface area contributed by atoms with Crippen LogP contribution in [0.15, 0.2) is 54.6 Å². The van der Waals surface area contributed by atoms with E-state index in [0.29, 0.717) is 0 Å². The summed E-state index contributed by atoms with van der Waals surface area (Å²) in [6, 6.07) is 19.7. The van der Waals surface area contributed by atoms with Gasteiger partial charge in [0.05, 0.1) is 12.2 Å². The molecule has 33 heavy (non-hydrogen) atoms. The predicted molar refractivity (Wildman–Crippen MR) is 137 cm³/mol. The zero-order valence-corrected chi connectivity index (χ0v) is 20.6. The maximum absolute atomic E-state index is 6.37. The quantitative estimate of drug-likeness (QED) is 0.485. The molecule has 3 fully saturated rings. The van der Waals surface area contributed by atoms with Gasteiger partial charge in [0.25, 0.3) is 0 Å². The molecule has 1 N–H and O–H groups in total. The van der Waals surface area contributed by atoms with E-state index in [-0.39, 0.29) is 11.0 Å². The number of rotatable bonds is 6. The molecule has 2 unspecified atom stereocenters. The van der Waals surface area contributed by atoms with Crippen molar-refractivity contribution in [1.82, 2.24) is 5.32 Å². The standard InChI is InChI=1S/C30H45NO2/c1-2-8-12-16-28(17-13-9-3-1)29(19-23-33-30(25-29)20-22-32-26-30)18-21-31-24-27-14-10-6-4-5-7-11-15-27/h1-3,8-9,12-13,16-17,27,31H,4-7,10-11,14-15,18-26H2. The molecule has 3 aliphatic rings. The van der Waals surface area contributed by atoms with E-state index in [0.717, 1.165) is 58.0 Å². The number of nitrogens with one attached hydrogen (secondary N) is 1. The van der Waals surface area contributed by atoms with Gasteiger partial charge in [-0.2, -0.15) is 0 Å². The van der Waals surface area contributed by atoms with Crippen molar-refractivity contribution >= 4 is 0 Å². The van der Waals surface area contributed by atoms with Crippen LogP contribution in [0.25, 0.3) is 0 Å². The molecule has 2 aliphatic heterocycles. The molecule has 2 atom stereocenters. The molecule has 1 spiro atoms. The van der Waals surface area contributed by atoms with E-state index in [9.17, 15) is 0 Å². The molecule has 0 aromatic heterocycles. The fourth-order valence-electron chi connectivity index (χ4n) is 6.27. The molecule has 3 nitrogen and oxygen atoms in total. The summed E-state index contributed by atoms with van der Waals surface area (Å²) in [5.41, 5.74) is 1.48. The zero-order valence-electron chi connectivity index (χ0n) is 20.6. The Bertz CT molecular complexity index is 723. The fraction of sp³-hybridized carbons (Fsp3) is 0.667. The van der Waals surface area contributed by atoms with E-state index in [4.69, 9.17) is 9.47 Å². The summed E-state index contributed by atoms with van der Waals surface area (Å²) in [6.07, 6.45) is 15.7. The highest BCUT2D eigenvalue weighted by Gasteiger charge is 2.48. The van der Waals surface area contributed by atoms with Gasteiger partial charge in [-0.25, -0.2) is 0 Å². The smallest absolute Gasteiger partial charge is 0.0945 e. The summed E-state index contributed by atoms with van der Waals surface area (Å²) in [7, 11) is 0. The highest BCUT2D eigenvalue weighted by Crippen LogP contribution is 2.46. The van der Waals surface area contributed by atoms with Crippen LogP contribution < -0.4 is 5.32 Å². The minimum atomic E-state index is -0.0977. The van der Waals surface area contributed by atoms with Crippen molar-refractivity contribution in [1.29, 1.82) is 0 Å². The van der Waals surface area contributed by atoms with Crippen LogP contribution in [0.2, 0.25) is 0 Å². The Morgan fingerprint density at radius 3 is 2.12 bits per heavy atom. The average Bonchev–Trinajstić information content (AvgIpc) is 3.32. The molecule has 1 aliphatic carbocycles. The van der Waals surface area contributed by atoms with Crippen LogP contribution in [0.5, 0.6) is 0 Å². The van der Waals surface area contributed by atoms with Crippen molar-refractivity contribution < 1.29 is 9.47 Å². The van der Waals surface area contributed by atoms with Gasteiger partial charge in [-0.15, -0.1) is 0 Å². The minimum absolute atomic E-state index is 0.0977. The van der Waals surface area contributed by atoms with Crippen molar-refractivity contribution in [2.45, 2.75) is 88.1 Å². The van der Waals surface area contributed by atoms with Gasteiger partial charge in [0.1, 0.15) is 0 Å². The first-order valence-electron chi connectivity index (χ1n) is 13.6. The van der Waals surface area contributed by atoms with Crippen LogP contribution in [0.4, 0.5) is 0 Å². The lowest BCUT2D eigenvalue weighted by Gasteiger charge is -2.46. The number of ether oxygens (including phenoxy) is 2. The third-order valence-electron chi connectivity index (χ3n) is 8.24. The largest absolute Gasteiger partial charge is 0.378 e. The SMILES string of the molecule is c1ccccc(C2(CCNCC3CCCCCCCC3)CCOC3(CCOC3)C2)cccc1. The highest BCUT2D eigenvalue weighted by molar-refractivity contribution is 5.26. The molecular weight excluding hydrogens is 406 g/mol. The van der Waals surface area contributed by atoms with Crippen molar-refractivity contribution in [2.24, 2.45) is 5.92 Å². The fourth-order valence-corrected chi connectivity index (χ4v) is 6.27.